The van der Waals surface area contributed by atoms with Gasteiger partial charge in [0.05, 0.1) is 5.69 Å². The highest BCUT2D eigenvalue weighted by Gasteiger charge is 2.29. The molecule has 27 heavy (non-hydrogen) atoms. The third-order valence-corrected chi connectivity index (χ3v) is 5.45. The number of aromatic nitrogens is 2. The number of amides is 1. The maximum atomic E-state index is 12.6. The number of carbonyl (C=O) groups is 1. The molecular weight excluding hydrogens is 340 g/mol. The summed E-state index contributed by atoms with van der Waals surface area (Å²) in [6.07, 6.45) is 4.77. The van der Waals surface area contributed by atoms with Crippen LogP contribution in [0.5, 0.6) is 0 Å². The van der Waals surface area contributed by atoms with Gasteiger partial charge >= 0.3 is 0 Å². The second kappa shape index (κ2) is 8.23. The van der Waals surface area contributed by atoms with Crippen LogP contribution in [0.1, 0.15) is 24.8 Å². The fourth-order valence-electron chi connectivity index (χ4n) is 4.06. The van der Waals surface area contributed by atoms with Crippen LogP contribution in [-0.2, 0) is 23.1 Å². The van der Waals surface area contributed by atoms with Gasteiger partial charge < -0.3 is 9.64 Å². The fourth-order valence-corrected chi connectivity index (χ4v) is 4.06. The monoisotopic (exact) mass is 368 g/mol. The molecule has 0 unspecified atom stereocenters. The number of ether oxygens (including phenoxy) is 1. The lowest BCUT2D eigenvalue weighted by Gasteiger charge is -2.24. The van der Waals surface area contributed by atoms with E-state index in [1.807, 2.05) is 34.8 Å². The molecule has 2 aliphatic rings. The van der Waals surface area contributed by atoms with Crippen molar-refractivity contribution in [2.75, 3.05) is 32.8 Å². The van der Waals surface area contributed by atoms with Crippen LogP contribution < -0.4 is 0 Å². The average Bonchev–Trinajstić information content (AvgIpc) is 3.28. The molecule has 4 rings (SSSR count). The van der Waals surface area contributed by atoms with Crippen molar-refractivity contribution in [3.8, 4) is 11.3 Å². The SMILES string of the molecule is Cn1cc(CN2CCCN(C(=O)[C@@H]3CCCO3)CC2)c(-c2ccccc2)n1. The van der Waals surface area contributed by atoms with Crippen molar-refractivity contribution in [2.24, 2.45) is 7.05 Å². The van der Waals surface area contributed by atoms with E-state index in [9.17, 15) is 4.79 Å². The summed E-state index contributed by atoms with van der Waals surface area (Å²) < 4.78 is 7.47. The molecule has 2 fully saturated rings. The van der Waals surface area contributed by atoms with Gasteiger partial charge in [-0.1, -0.05) is 30.3 Å². The molecule has 2 saturated heterocycles. The van der Waals surface area contributed by atoms with E-state index in [0.717, 1.165) is 69.9 Å². The zero-order chi connectivity index (χ0) is 18.6. The van der Waals surface area contributed by atoms with E-state index in [2.05, 4.69) is 28.3 Å². The zero-order valence-corrected chi connectivity index (χ0v) is 16.0. The van der Waals surface area contributed by atoms with Gasteiger partial charge in [-0.15, -0.1) is 0 Å². The van der Waals surface area contributed by atoms with Gasteiger partial charge in [-0.05, 0) is 19.3 Å². The van der Waals surface area contributed by atoms with Crippen molar-refractivity contribution >= 4 is 5.91 Å². The second-order valence-corrected chi connectivity index (χ2v) is 7.50. The van der Waals surface area contributed by atoms with E-state index >= 15 is 0 Å². The van der Waals surface area contributed by atoms with Gasteiger partial charge in [-0.25, -0.2) is 0 Å². The minimum absolute atomic E-state index is 0.181. The molecule has 6 heteroatoms. The molecule has 0 radical (unpaired) electrons. The van der Waals surface area contributed by atoms with E-state index in [4.69, 9.17) is 4.74 Å². The summed E-state index contributed by atoms with van der Waals surface area (Å²) in [6.45, 7) is 5.08. The molecule has 2 aromatic rings. The topological polar surface area (TPSA) is 50.6 Å². The summed E-state index contributed by atoms with van der Waals surface area (Å²) in [6, 6.07) is 10.3. The Morgan fingerprint density at radius 1 is 1.15 bits per heavy atom. The normalized spacial score (nSPS) is 21.4. The van der Waals surface area contributed by atoms with Crippen LogP contribution in [-0.4, -0.2) is 64.4 Å². The summed E-state index contributed by atoms with van der Waals surface area (Å²) in [5.74, 6) is 0.181. The molecule has 0 bridgehead atoms. The number of aryl methyl sites for hydroxylation is 1. The van der Waals surface area contributed by atoms with Crippen molar-refractivity contribution < 1.29 is 9.53 Å². The Bertz CT molecular complexity index is 768. The number of nitrogens with zero attached hydrogens (tertiary/aromatic N) is 4. The predicted octanol–water partition coefficient (Wildman–Crippen LogP) is 2.30. The van der Waals surface area contributed by atoms with E-state index in [0.29, 0.717) is 0 Å². The van der Waals surface area contributed by atoms with Gasteiger partial charge in [0.15, 0.2) is 0 Å². The Kier molecular flexibility index (Phi) is 5.55. The molecule has 1 aromatic heterocycles. The van der Waals surface area contributed by atoms with Crippen LogP contribution in [0.4, 0.5) is 0 Å². The number of hydrogen-bond donors (Lipinski definition) is 0. The number of carbonyl (C=O) groups excluding carboxylic acids is 1. The van der Waals surface area contributed by atoms with Crippen LogP contribution in [0.25, 0.3) is 11.3 Å². The fraction of sp³-hybridized carbons (Fsp3) is 0.524. The zero-order valence-electron chi connectivity index (χ0n) is 16.0. The minimum atomic E-state index is -0.209. The third kappa shape index (κ3) is 4.22. The molecule has 3 heterocycles. The van der Waals surface area contributed by atoms with Crippen LogP contribution >= 0.6 is 0 Å². The predicted molar refractivity (Wildman–Crippen MR) is 104 cm³/mol. The van der Waals surface area contributed by atoms with E-state index in [1.165, 1.54) is 5.56 Å². The number of benzene rings is 1. The smallest absolute Gasteiger partial charge is 0.251 e. The van der Waals surface area contributed by atoms with Crippen LogP contribution in [0.3, 0.4) is 0 Å². The van der Waals surface area contributed by atoms with Crippen molar-refractivity contribution in [1.29, 1.82) is 0 Å². The Hall–Kier alpha value is -2.18. The summed E-state index contributed by atoms with van der Waals surface area (Å²) in [7, 11) is 1.97. The molecule has 2 aliphatic heterocycles. The van der Waals surface area contributed by atoms with Crippen molar-refractivity contribution in [2.45, 2.75) is 31.9 Å². The van der Waals surface area contributed by atoms with Gasteiger partial charge in [-0.2, -0.15) is 5.10 Å². The van der Waals surface area contributed by atoms with Crippen molar-refractivity contribution in [1.82, 2.24) is 19.6 Å². The quantitative estimate of drug-likeness (QED) is 0.831. The first-order valence-electron chi connectivity index (χ1n) is 9.91. The molecule has 1 atom stereocenters. The van der Waals surface area contributed by atoms with Crippen LogP contribution in [0, 0.1) is 0 Å². The molecule has 1 amide bonds. The molecular formula is C21H28N4O2. The minimum Gasteiger partial charge on any atom is -0.368 e. The summed E-state index contributed by atoms with van der Waals surface area (Å²) >= 11 is 0. The molecule has 0 N–H and O–H groups in total. The molecule has 1 aromatic carbocycles. The highest BCUT2D eigenvalue weighted by atomic mass is 16.5. The second-order valence-electron chi connectivity index (χ2n) is 7.50. The molecule has 6 nitrogen and oxygen atoms in total. The van der Waals surface area contributed by atoms with Crippen molar-refractivity contribution in [3.05, 3.63) is 42.1 Å². The lowest BCUT2D eigenvalue weighted by Crippen LogP contribution is -2.41. The highest BCUT2D eigenvalue weighted by molar-refractivity contribution is 5.81. The van der Waals surface area contributed by atoms with Crippen molar-refractivity contribution in [3.63, 3.8) is 0 Å². The van der Waals surface area contributed by atoms with Crippen LogP contribution in [0.15, 0.2) is 36.5 Å². The van der Waals surface area contributed by atoms with Gasteiger partial charge in [0.25, 0.3) is 5.91 Å². The van der Waals surface area contributed by atoms with Gasteiger partial charge in [0.1, 0.15) is 6.10 Å². The van der Waals surface area contributed by atoms with Gasteiger partial charge in [0, 0.05) is 63.7 Å². The maximum Gasteiger partial charge on any atom is 0.251 e. The standard InChI is InChI=1S/C21H28N4O2/c1-23-15-18(20(22-23)17-7-3-2-4-8-17)16-24-10-6-11-25(13-12-24)21(26)19-9-5-14-27-19/h2-4,7-8,15,19H,5-6,9-14,16H2,1H3/t19-/m0/s1. The highest BCUT2D eigenvalue weighted by Crippen LogP contribution is 2.23. The Morgan fingerprint density at radius 2 is 2.00 bits per heavy atom. The number of hydrogen-bond acceptors (Lipinski definition) is 4. The summed E-state index contributed by atoms with van der Waals surface area (Å²) in [5, 5.41) is 4.67. The Balaban J connectivity index is 1.41. The first-order valence-corrected chi connectivity index (χ1v) is 9.91. The van der Waals surface area contributed by atoms with E-state index < -0.39 is 0 Å². The van der Waals surface area contributed by atoms with Crippen LogP contribution in [0.2, 0.25) is 0 Å². The average molecular weight is 368 g/mol. The lowest BCUT2D eigenvalue weighted by molar-refractivity contribution is -0.140. The number of rotatable bonds is 4. The third-order valence-electron chi connectivity index (χ3n) is 5.45. The van der Waals surface area contributed by atoms with E-state index in [1.54, 1.807) is 0 Å². The first-order chi connectivity index (χ1) is 13.2. The van der Waals surface area contributed by atoms with E-state index in [-0.39, 0.29) is 12.0 Å². The van der Waals surface area contributed by atoms with Gasteiger partial charge in [-0.3, -0.25) is 14.4 Å². The maximum absolute atomic E-state index is 12.6. The summed E-state index contributed by atoms with van der Waals surface area (Å²) in [4.78, 5) is 17.1. The van der Waals surface area contributed by atoms with Gasteiger partial charge in [0.2, 0.25) is 0 Å². The summed E-state index contributed by atoms with van der Waals surface area (Å²) in [5.41, 5.74) is 3.44. The Morgan fingerprint density at radius 3 is 2.78 bits per heavy atom. The first kappa shape index (κ1) is 18.2. The molecule has 0 aliphatic carbocycles. The Labute approximate surface area is 160 Å². The molecule has 0 saturated carbocycles. The molecule has 144 valence electrons. The largest absolute Gasteiger partial charge is 0.368 e. The lowest BCUT2D eigenvalue weighted by atomic mass is 10.1. The molecule has 0 spiro atoms.